The van der Waals surface area contributed by atoms with Gasteiger partial charge < -0.3 is 5.11 Å². The van der Waals surface area contributed by atoms with Crippen LogP contribution in [0.25, 0.3) is 0 Å². The Balaban J connectivity index is 2.07. The maximum atomic E-state index is 13.0. The fourth-order valence-corrected chi connectivity index (χ4v) is 4.63. The van der Waals surface area contributed by atoms with Gasteiger partial charge >= 0.3 is 5.97 Å². The molecule has 120 valence electrons. The molecule has 0 aliphatic carbocycles. The maximum absolute atomic E-state index is 13.0. The van der Waals surface area contributed by atoms with Crippen molar-refractivity contribution in [1.82, 2.24) is 0 Å². The van der Waals surface area contributed by atoms with Crippen LogP contribution >= 0.6 is 0 Å². The predicted octanol–water partition coefficient (Wildman–Crippen LogP) is 2.91. The predicted molar refractivity (Wildman–Crippen MR) is 87.3 cm³/mol. The molecule has 1 aliphatic heterocycles. The van der Waals surface area contributed by atoms with Gasteiger partial charge in [0.05, 0.1) is 16.1 Å². The van der Waals surface area contributed by atoms with E-state index in [-0.39, 0.29) is 16.5 Å². The van der Waals surface area contributed by atoms with Gasteiger partial charge in [-0.3, -0.25) is 4.31 Å². The van der Waals surface area contributed by atoms with E-state index >= 15 is 0 Å². The van der Waals surface area contributed by atoms with Crippen LogP contribution < -0.4 is 4.31 Å². The van der Waals surface area contributed by atoms with Crippen molar-refractivity contribution in [1.29, 1.82) is 0 Å². The molecule has 1 N–H and O–H groups in total. The van der Waals surface area contributed by atoms with Crippen LogP contribution in [0.2, 0.25) is 0 Å². The van der Waals surface area contributed by atoms with E-state index in [0.717, 1.165) is 18.4 Å². The second kappa shape index (κ2) is 5.70. The number of hydrogen-bond donors (Lipinski definition) is 1. The Kier molecular flexibility index (Phi) is 3.85. The molecule has 1 atom stereocenters. The minimum Gasteiger partial charge on any atom is -0.478 e. The van der Waals surface area contributed by atoms with E-state index in [1.807, 2.05) is 31.2 Å². The molecule has 1 heterocycles. The van der Waals surface area contributed by atoms with Gasteiger partial charge in [-0.15, -0.1) is 0 Å². The zero-order valence-corrected chi connectivity index (χ0v) is 13.5. The molecule has 3 rings (SSSR count). The SMILES string of the molecule is CC1CCc2ccccc2N1S(=O)(=O)c1ccc(C(=O)O)cc1. The molecule has 1 unspecified atom stereocenters. The fourth-order valence-electron chi connectivity index (χ4n) is 2.91. The number of benzene rings is 2. The molecule has 0 aromatic heterocycles. The van der Waals surface area contributed by atoms with Gasteiger partial charge in [0.1, 0.15) is 0 Å². The molecule has 0 radical (unpaired) electrons. The van der Waals surface area contributed by atoms with E-state index < -0.39 is 16.0 Å². The summed E-state index contributed by atoms with van der Waals surface area (Å²) < 4.78 is 27.5. The third-order valence-electron chi connectivity index (χ3n) is 4.12. The lowest BCUT2D eigenvalue weighted by atomic mass is 9.99. The molecule has 0 fully saturated rings. The van der Waals surface area contributed by atoms with Gasteiger partial charge in [-0.25, -0.2) is 13.2 Å². The second-order valence-electron chi connectivity index (χ2n) is 5.65. The monoisotopic (exact) mass is 331 g/mol. The maximum Gasteiger partial charge on any atom is 0.335 e. The third kappa shape index (κ3) is 2.70. The summed E-state index contributed by atoms with van der Waals surface area (Å²) in [6, 6.07) is 12.7. The van der Waals surface area contributed by atoms with Crippen molar-refractivity contribution >= 4 is 21.7 Å². The standard InChI is InChI=1S/C17H17NO4S/c1-12-6-7-13-4-2-3-5-16(13)18(12)23(21,22)15-10-8-14(9-11-15)17(19)20/h2-5,8-12H,6-7H2,1H3,(H,19,20). The smallest absolute Gasteiger partial charge is 0.335 e. The molecular formula is C17H17NO4S. The summed E-state index contributed by atoms with van der Waals surface area (Å²) in [5.74, 6) is -1.08. The van der Waals surface area contributed by atoms with Crippen molar-refractivity contribution in [3.8, 4) is 0 Å². The highest BCUT2D eigenvalue weighted by Crippen LogP contribution is 2.35. The van der Waals surface area contributed by atoms with Crippen molar-refractivity contribution in [3.63, 3.8) is 0 Å². The number of carboxylic acids is 1. The van der Waals surface area contributed by atoms with E-state index in [9.17, 15) is 13.2 Å². The average molecular weight is 331 g/mol. The van der Waals surface area contributed by atoms with Crippen LogP contribution in [0.15, 0.2) is 53.4 Å². The highest BCUT2D eigenvalue weighted by atomic mass is 32.2. The van der Waals surface area contributed by atoms with E-state index in [1.165, 1.54) is 28.6 Å². The molecule has 23 heavy (non-hydrogen) atoms. The number of carbonyl (C=O) groups is 1. The third-order valence-corrected chi connectivity index (χ3v) is 6.06. The highest BCUT2D eigenvalue weighted by molar-refractivity contribution is 7.92. The van der Waals surface area contributed by atoms with Crippen molar-refractivity contribution in [2.45, 2.75) is 30.7 Å². The number of anilines is 1. The topological polar surface area (TPSA) is 74.7 Å². The van der Waals surface area contributed by atoms with Crippen LogP contribution in [0.3, 0.4) is 0 Å². The molecule has 2 aromatic rings. The Morgan fingerprint density at radius 3 is 2.43 bits per heavy atom. The zero-order chi connectivity index (χ0) is 16.6. The Hall–Kier alpha value is -2.34. The number of hydrogen-bond acceptors (Lipinski definition) is 3. The Morgan fingerprint density at radius 1 is 1.13 bits per heavy atom. The molecule has 0 amide bonds. The van der Waals surface area contributed by atoms with Gasteiger partial charge in [0, 0.05) is 6.04 Å². The Morgan fingerprint density at radius 2 is 1.78 bits per heavy atom. The molecule has 0 saturated heterocycles. The van der Waals surface area contributed by atoms with Gasteiger partial charge in [0.2, 0.25) is 0 Å². The molecule has 6 heteroatoms. The fraction of sp³-hybridized carbons (Fsp3) is 0.235. The van der Waals surface area contributed by atoms with Crippen LogP contribution in [0.1, 0.15) is 29.3 Å². The van der Waals surface area contributed by atoms with Crippen molar-refractivity contribution < 1.29 is 18.3 Å². The van der Waals surface area contributed by atoms with Gasteiger partial charge in [-0.2, -0.15) is 0 Å². The molecule has 0 spiro atoms. The van der Waals surface area contributed by atoms with Gasteiger partial charge in [-0.1, -0.05) is 18.2 Å². The molecular weight excluding hydrogens is 314 g/mol. The first-order chi connectivity index (χ1) is 10.9. The van der Waals surface area contributed by atoms with Gasteiger partial charge in [0.15, 0.2) is 0 Å². The number of fused-ring (bicyclic) bond motifs is 1. The molecule has 0 saturated carbocycles. The van der Waals surface area contributed by atoms with E-state index in [2.05, 4.69) is 0 Å². The lowest BCUT2D eigenvalue weighted by Gasteiger charge is -2.36. The Labute approximate surface area is 135 Å². The second-order valence-corrected chi connectivity index (χ2v) is 7.46. The van der Waals surface area contributed by atoms with Gasteiger partial charge in [-0.05, 0) is 55.7 Å². The first kappa shape index (κ1) is 15.6. The number of nitrogens with zero attached hydrogens (tertiary/aromatic N) is 1. The van der Waals surface area contributed by atoms with Crippen molar-refractivity contribution in [3.05, 3.63) is 59.7 Å². The summed E-state index contributed by atoms with van der Waals surface area (Å²) in [4.78, 5) is 11.0. The zero-order valence-electron chi connectivity index (χ0n) is 12.6. The minimum absolute atomic E-state index is 0.0658. The first-order valence-corrected chi connectivity index (χ1v) is 8.81. The number of aromatic carboxylic acids is 1. The van der Waals surface area contributed by atoms with Gasteiger partial charge in [0.25, 0.3) is 10.0 Å². The number of sulfonamides is 1. The summed E-state index contributed by atoms with van der Waals surface area (Å²) in [7, 11) is -3.73. The largest absolute Gasteiger partial charge is 0.478 e. The lowest BCUT2D eigenvalue weighted by Crippen LogP contribution is -2.42. The molecule has 1 aliphatic rings. The van der Waals surface area contributed by atoms with Crippen molar-refractivity contribution in [2.75, 3.05) is 4.31 Å². The summed E-state index contributed by atoms with van der Waals surface area (Å²) >= 11 is 0. The normalized spacial score (nSPS) is 17.6. The van der Waals surface area contributed by atoms with E-state index in [4.69, 9.17) is 5.11 Å². The number of aryl methyl sites for hydroxylation is 1. The van der Waals surface area contributed by atoms with Crippen LogP contribution in [-0.2, 0) is 16.4 Å². The van der Waals surface area contributed by atoms with Crippen LogP contribution in [0.5, 0.6) is 0 Å². The molecule has 5 nitrogen and oxygen atoms in total. The molecule has 2 aromatic carbocycles. The first-order valence-electron chi connectivity index (χ1n) is 7.37. The minimum atomic E-state index is -3.73. The van der Waals surface area contributed by atoms with Crippen LogP contribution in [0.4, 0.5) is 5.69 Å². The Bertz CT molecular complexity index is 843. The van der Waals surface area contributed by atoms with Crippen LogP contribution in [-0.4, -0.2) is 25.5 Å². The van der Waals surface area contributed by atoms with E-state index in [1.54, 1.807) is 0 Å². The van der Waals surface area contributed by atoms with E-state index in [0.29, 0.717) is 5.69 Å². The lowest BCUT2D eigenvalue weighted by molar-refractivity contribution is 0.0696. The molecule has 0 bridgehead atoms. The summed E-state index contributed by atoms with van der Waals surface area (Å²) in [5, 5.41) is 8.94. The van der Waals surface area contributed by atoms with Crippen molar-refractivity contribution in [2.24, 2.45) is 0 Å². The number of para-hydroxylation sites is 1. The summed E-state index contributed by atoms with van der Waals surface area (Å²) in [6.07, 6.45) is 1.60. The summed E-state index contributed by atoms with van der Waals surface area (Å²) in [6.45, 7) is 1.89. The highest BCUT2D eigenvalue weighted by Gasteiger charge is 2.33. The number of rotatable bonds is 3. The van der Waals surface area contributed by atoms with Crippen LogP contribution in [0, 0.1) is 0 Å². The average Bonchev–Trinajstić information content (AvgIpc) is 2.54. The quantitative estimate of drug-likeness (QED) is 0.938. The summed E-state index contributed by atoms with van der Waals surface area (Å²) in [5.41, 5.74) is 1.78. The number of carboxylic acid groups (broad SMARTS) is 1.